The summed E-state index contributed by atoms with van der Waals surface area (Å²) in [7, 11) is 0. The van der Waals surface area contributed by atoms with Crippen molar-refractivity contribution in [2.24, 2.45) is 0 Å². The van der Waals surface area contributed by atoms with Crippen LogP contribution in [0.4, 0.5) is 10.8 Å². The molecule has 0 radical (unpaired) electrons. The van der Waals surface area contributed by atoms with Crippen LogP contribution in [0.15, 0.2) is 18.2 Å². The largest absolute Gasteiger partial charge is 0.399 e. The SMILES string of the molecule is CCc1nnc(NC(=O)c2ccc(N)c(C)c2)s1. The van der Waals surface area contributed by atoms with Gasteiger partial charge in [-0.05, 0) is 37.1 Å². The predicted octanol–water partition coefficient (Wildman–Crippen LogP) is 2.24. The van der Waals surface area contributed by atoms with Crippen molar-refractivity contribution in [1.29, 1.82) is 0 Å². The van der Waals surface area contributed by atoms with E-state index in [9.17, 15) is 4.79 Å². The Morgan fingerprint density at radius 1 is 1.44 bits per heavy atom. The first-order chi connectivity index (χ1) is 8.60. The predicted molar refractivity (Wildman–Crippen MR) is 72.8 cm³/mol. The third-order valence-electron chi connectivity index (χ3n) is 2.52. The number of nitrogens with two attached hydrogens (primary N) is 1. The van der Waals surface area contributed by atoms with Crippen LogP contribution in [0, 0.1) is 6.92 Å². The van der Waals surface area contributed by atoms with E-state index in [1.165, 1.54) is 11.3 Å². The molecule has 0 fully saturated rings. The summed E-state index contributed by atoms with van der Waals surface area (Å²) < 4.78 is 0. The van der Waals surface area contributed by atoms with E-state index in [1.807, 2.05) is 13.8 Å². The summed E-state index contributed by atoms with van der Waals surface area (Å²) in [6.07, 6.45) is 0.814. The Kier molecular flexibility index (Phi) is 3.57. The van der Waals surface area contributed by atoms with Crippen LogP contribution in [0.2, 0.25) is 0 Å². The second-order valence-corrected chi connectivity index (χ2v) is 4.94. The molecule has 1 aromatic carbocycles. The first kappa shape index (κ1) is 12.5. The summed E-state index contributed by atoms with van der Waals surface area (Å²) in [6.45, 7) is 3.86. The lowest BCUT2D eigenvalue weighted by molar-refractivity contribution is 0.102. The normalized spacial score (nSPS) is 10.3. The van der Waals surface area contributed by atoms with E-state index in [2.05, 4.69) is 15.5 Å². The zero-order chi connectivity index (χ0) is 13.1. The molecule has 6 heteroatoms. The maximum atomic E-state index is 12.0. The number of aryl methyl sites for hydroxylation is 2. The van der Waals surface area contributed by atoms with E-state index in [-0.39, 0.29) is 5.91 Å². The number of benzene rings is 1. The molecule has 18 heavy (non-hydrogen) atoms. The first-order valence-electron chi connectivity index (χ1n) is 5.60. The fourth-order valence-electron chi connectivity index (χ4n) is 1.43. The summed E-state index contributed by atoms with van der Waals surface area (Å²) >= 11 is 1.38. The first-order valence-corrected chi connectivity index (χ1v) is 6.41. The van der Waals surface area contributed by atoms with Crippen LogP contribution < -0.4 is 11.1 Å². The zero-order valence-corrected chi connectivity index (χ0v) is 11.0. The molecule has 0 aliphatic carbocycles. The summed E-state index contributed by atoms with van der Waals surface area (Å²) in [5, 5.41) is 12.0. The molecule has 1 heterocycles. The lowest BCUT2D eigenvalue weighted by Crippen LogP contribution is -2.12. The Hall–Kier alpha value is -1.95. The molecule has 0 unspecified atom stereocenters. The molecule has 2 rings (SSSR count). The fraction of sp³-hybridized carbons (Fsp3) is 0.250. The van der Waals surface area contributed by atoms with Gasteiger partial charge < -0.3 is 5.73 Å². The number of hydrogen-bond acceptors (Lipinski definition) is 5. The van der Waals surface area contributed by atoms with Crippen LogP contribution in [0.3, 0.4) is 0 Å². The molecule has 94 valence electrons. The quantitative estimate of drug-likeness (QED) is 0.831. The van der Waals surface area contributed by atoms with E-state index >= 15 is 0 Å². The monoisotopic (exact) mass is 262 g/mol. The van der Waals surface area contributed by atoms with E-state index < -0.39 is 0 Å². The van der Waals surface area contributed by atoms with Crippen LogP contribution in [0.1, 0.15) is 27.9 Å². The second-order valence-electron chi connectivity index (χ2n) is 3.88. The van der Waals surface area contributed by atoms with E-state index in [1.54, 1.807) is 18.2 Å². The van der Waals surface area contributed by atoms with Crippen molar-refractivity contribution in [1.82, 2.24) is 10.2 Å². The van der Waals surface area contributed by atoms with Gasteiger partial charge in [0.25, 0.3) is 5.91 Å². The topological polar surface area (TPSA) is 80.9 Å². The molecular weight excluding hydrogens is 248 g/mol. The second kappa shape index (κ2) is 5.14. The van der Waals surface area contributed by atoms with Crippen molar-refractivity contribution in [3.8, 4) is 0 Å². The van der Waals surface area contributed by atoms with Crippen LogP contribution in [-0.4, -0.2) is 16.1 Å². The van der Waals surface area contributed by atoms with Gasteiger partial charge in [-0.25, -0.2) is 0 Å². The minimum absolute atomic E-state index is 0.197. The van der Waals surface area contributed by atoms with Gasteiger partial charge in [-0.3, -0.25) is 10.1 Å². The molecule has 2 aromatic rings. The summed E-state index contributed by atoms with van der Waals surface area (Å²) in [6, 6.07) is 5.17. The molecule has 0 saturated heterocycles. The van der Waals surface area contributed by atoms with E-state index in [0.717, 1.165) is 17.0 Å². The number of nitrogens with zero attached hydrogens (tertiary/aromatic N) is 2. The van der Waals surface area contributed by atoms with Crippen molar-refractivity contribution in [2.75, 3.05) is 11.1 Å². The van der Waals surface area contributed by atoms with Gasteiger partial charge in [0, 0.05) is 11.3 Å². The molecule has 5 nitrogen and oxygen atoms in total. The number of nitrogens with one attached hydrogen (secondary N) is 1. The molecule has 0 aliphatic heterocycles. The zero-order valence-electron chi connectivity index (χ0n) is 10.2. The lowest BCUT2D eigenvalue weighted by atomic mass is 10.1. The third-order valence-corrected chi connectivity index (χ3v) is 3.50. The Morgan fingerprint density at radius 3 is 2.83 bits per heavy atom. The van der Waals surface area contributed by atoms with Gasteiger partial charge in [-0.2, -0.15) is 0 Å². The Bertz CT molecular complexity index is 579. The Morgan fingerprint density at radius 2 is 2.22 bits per heavy atom. The Labute approximate surface area is 109 Å². The van der Waals surface area contributed by atoms with Crippen LogP contribution >= 0.6 is 11.3 Å². The number of nitrogen functional groups attached to an aromatic ring is 1. The minimum Gasteiger partial charge on any atom is -0.399 e. The molecule has 1 amide bonds. The summed E-state index contributed by atoms with van der Waals surface area (Å²) in [4.78, 5) is 12.0. The molecule has 3 N–H and O–H groups in total. The van der Waals surface area contributed by atoms with Gasteiger partial charge >= 0.3 is 0 Å². The average Bonchev–Trinajstić information content (AvgIpc) is 2.80. The van der Waals surface area contributed by atoms with E-state index in [0.29, 0.717) is 16.4 Å². The molecule has 0 bridgehead atoms. The van der Waals surface area contributed by atoms with Crippen LogP contribution in [0.5, 0.6) is 0 Å². The number of rotatable bonds is 3. The smallest absolute Gasteiger partial charge is 0.257 e. The van der Waals surface area contributed by atoms with Gasteiger partial charge in [0.2, 0.25) is 5.13 Å². The van der Waals surface area contributed by atoms with Crippen molar-refractivity contribution >= 4 is 28.1 Å². The van der Waals surface area contributed by atoms with Crippen LogP contribution in [0.25, 0.3) is 0 Å². The standard InChI is InChI=1S/C12H14N4OS/c1-3-10-15-16-12(18-10)14-11(17)8-4-5-9(13)7(2)6-8/h4-6H,3,13H2,1-2H3,(H,14,16,17). The van der Waals surface area contributed by atoms with Crippen molar-refractivity contribution < 1.29 is 4.79 Å². The van der Waals surface area contributed by atoms with Gasteiger partial charge in [-0.1, -0.05) is 18.3 Å². The average molecular weight is 262 g/mol. The summed E-state index contributed by atoms with van der Waals surface area (Å²) in [5.41, 5.74) is 7.84. The highest BCUT2D eigenvalue weighted by Gasteiger charge is 2.10. The number of carbonyl (C=O) groups excluding carboxylic acids is 1. The van der Waals surface area contributed by atoms with Crippen molar-refractivity contribution in [3.63, 3.8) is 0 Å². The number of anilines is 2. The summed E-state index contributed by atoms with van der Waals surface area (Å²) in [5.74, 6) is -0.197. The van der Waals surface area contributed by atoms with Crippen molar-refractivity contribution in [2.45, 2.75) is 20.3 Å². The minimum atomic E-state index is -0.197. The number of carbonyl (C=O) groups is 1. The number of aromatic nitrogens is 2. The van der Waals surface area contributed by atoms with E-state index in [4.69, 9.17) is 5.73 Å². The van der Waals surface area contributed by atoms with Gasteiger partial charge in [0.1, 0.15) is 5.01 Å². The maximum absolute atomic E-state index is 12.0. The molecule has 0 spiro atoms. The number of amides is 1. The highest BCUT2D eigenvalue weighted by molar-refractivity contribution is 7.15. The fourth-order valence-corrected chi connectivity index (χ4v) is 2.11. The van der Waals surface area contributed by atoms with Crippen molar-refractivity contribution in [3.05, 3.63) is 34.3 Å². The third kappa shape index (κ3) is 2.65. The number of hydrogen-bond donors (Lipinski definition) is 2. The maximum Gasteiger partial charge on any atom is 0.257 e. The lowest BCUT2D eigenvalue weighted by Gasteiger charge is -2.04. The molecule has 1 aromatic heterocycles. The van der Waals surface area contributed by atoms with Gasteiger partial charge in [0.15, 0.2) is 0 Å². The Balaban J connectivity index is 2.14. The highest BCUT2D eigenvalue weighted by Crippen LogP contribution is 2.18. The van der Waals surface area contributed by atoms with Gasteiger partial charge in [-0.15, -0.1) is 10.2 Å². The highest BCUT2D eigenvalue weighted by atomic mass is 32.1. The van der Waals surface area contributed by atoms with Crippen LogP contribution in [-0.2, 0) is 6.42 Å². The molecule has 0 aliphatic rings. The molecule has 0 saturated carbocycles. The molecule has 0 atom stereocenters. The molecular formula is C12H14N4OS. The van der Waals surface area contributed by atoms with Gasteiger partial charge in [0.05, 0.1) is 0 Å².